The van der Waals surface area contributed by atoms with Crippen LogP contribution in [0.25, 0.3) is 0 Å². The van der Waals surface area contributed by atoms with Gasteiger partial charge >= 0.3 is 5.97 Å². The largest absolute Gasteiger partial charge is 0.495 e. The van der Waals surface area contributed by atoms with E-state index in [0.29, 0.717) is 16.5 Å². The number of anilines is 2. The Balaban J connectivity index is 1.63. The molecule has 2 atom stereocenters. The van der Waals surface area contributed by atoms with Gasteiger partial charge < -0.3 is 19.7 Å². The number of nitro groups is 1. The van der Waals surface area contributed by atoms with Crippen molar-refractivity contribution in [1.82, 2.24) is 0 Å². The number of carbonyl (C=O) groups is 3. The van der Waals surface area contributed by atoms with Gasteiger partial charge in [-0.15, -0.1) is 0 Å². The Kier molecular flexibility index (Phi) is 6.94. The Morgan fingerprint density at radius 2 is 2.03 bits per heavy atom. The number of esters is 1. The number of benzene rings is 2. The summed E-state index contributed by atoms with van der Waals surface area (Å²) in [7, 11) is 1.46. The van der Waals surface area contributed by atoms with Crippen LogP contribution in [0.5, 0.6) is 5.75 Å². The molecule has 1 fully saturated rings. The zero-order valence-electron chi connectivity index (χ0n) is 17.2. The van der Waals surface area contributed by atoms with Gasteiger partial charge in [0, 0.05) is 35.8 Å². The highest BCUT2D eigenvalue weighted by Gasteiger charge is 2.38. The molecule has 0 aliphatic carbocycles. The van der Waals surface area contributed by atoms with Crippen molar-refractivity contribution < 1.29 is 28.8 Å². The zero-order chi connectivity index (χ0) is 23.4. The summed E-state index contributed by atoms with van der Waals surface area (Å²) in [6.45, 7) is 1.42. The minimum Gasteiger partial charge on any atom is -0.495 e. The standard InChI is InChI=1S/C21H20ClN3O7/c1-12(20(27)23-15-4-3-5-16(10-15)25(29)30)32-21(28)13-8-19(26)24(11-13)17-9-14(22)6-7-18(17)31-2/h3-7,9-10,12-13H,8,11H2,1-2H3,(H,23,27). The number of halogens is 1. The smallest absolute Gasteiger partial charge is 0.312 e. The summed E-state index contributed by atoms with van der Waals surface area (Å²) < 4.78 is 10.5. The summed E-state index contributed by atoms with van der Waals surface area (Å²) in [5.41, 5.74) is 0.451. The van der Waals surface area contributed by atoms with E-state index in [0.717, 1.165) is 0 Å². The number of non-ortho nitro benzene ring substituents is 1. The highest BCUT2D eigenvalue weighted by atomic mass is 35.5. The number of rotatable bonds is 7. The summed E-state index contributed by atoms with van der Waals surface area (Å²) >= 11 is 6.03. The molecule has 3 rings (SSSR count). The van der Waals surface area contributed by atoms with Gasteiger partial charge in [0.1, 0.15) is 5.75 Å². The number of hydrogen-bond donors (Lipinski definition) is 1. The van der Waals surface area contributed by atoms with Crippen molar-refractivity contribution in [1.29, 1.82) is 0 Å². The summed E-state index contributed by atoms with van der Waals surface area (Å²) in [6.07, 6.45) is -1.26. The lowest BCUT2D eigenvalue weighted by Gasteiger charge is -2.20. The molecule has 0 spiro atoms. The van der Waals surface area contributed by atoms with Crippen molar-refractivity contribution in [2.45, 2.75) is 19.4 Å². The number of nitrogens with zero attached hydrogens (tertiary/aromatic N) is 2. The van der Waals surface area contributed by atoms with Crippen LogP contribution in [0.2, 0.25) is 5.02 Å². The molecule has 2 unspecified atom stereocenters. The Morgan fingerprint density at radius 1 is 1.28 bits per heavy atom. The molecule has 10 nitrogen and oxygen atoms in total. The van der Waals surface area contributed by atoms with Crippen LogP contribution < -0.4 is 15.0 Å². The molecule has 0 bridgehead atoms. The minimum absolute atomic E-state index is 0.0492. The molecule has 1 heterocycles. The van der Waals surface area contributed by atoms with E-state index in [-0.39, 0.29) is 30.2 Å². The minimum atomic E-state index is -1.17. The number of amides is 2. The van der Waals surface area contributed by atoms with Gasteiger partial charge in [-0.1, -0.05) is 17.7 Å². The van der Waals surface area contributed by atoms with Crippen LogP contribution in [0.15, 0.2) is 42.5 Å². The Hall–Kier alpha value is -3.66. The highest BCUT2D eigenvalue weighted by Crippen LogP contribution is 2.35. The average Bonchev–Trinajstić information content (AvgIpc) is 3.15. The van der Waals surface area contributed by atoms with Crippen molar-refractivity contribution >= 4 is 46.4 Å². The van der Waals surface area contributed by atoms with Gasteiger partial charge in [0.15, 0.2) is 6.10 Å². The van der Waals surface area contributed by atoms with Gasteiger partial charge in [-0.05, 0) is 31.2 Å². The van der Waals surface area contributed by atoms with Crippen LogP contribution in [-0.4, -0.2) is 42.5 Å². The molecule has 168 valence electrons. The molecule has 1 N–H and O–H groups in total. The normalized spacial score (nSPS) is 16.4. The van der Waals surface area contributed by atoms with Crippen LogP contribution in [0.3, 0.4) is 0 Å². The van der Waals surface area contributed by atoms with Crippen molar-refractivity contribution in [3.8, 4) is 5.75 Å². The number of methoxy groups -OCH3 is 1. The third-order valence-electron chi connectivity index (χ3n) is 4.88. The molecule has 2 aromatic rings. The first-order valence-electron chi connectivity index (χ1n) is 9.59. The fourth-order valence-corrected chi connectivity index (χ4v) is 3.40. The third kappa shape index (κ3) is 5.14. The number of hydrogen-bond acceptors (Lipinski definition) is 7. The fraction of sp³-hybridized carbons (Fsp3) is 0.286. The Bertz CT molecular complexity index is 1080. The van der Waals surface area contributed by atoms with Gasteiger partial charge in [0.25, 0.3) is 11.6 Å². The van der Waals surface area contributed by atoms with E-state index >= 15 is 0 Å². The lowest BCUT2D eigenvalue weighted by molar-refractivity contribution is -0.384. The quantitative estimate of drug-likeness (QED) is 0.381. The number of ether oxygens (including phenoxy) is 2. The van der Waals surface area contributed by atoms with E-state index in [1.807, 2.05) is 0 Å². The molecule has 32 heavy (non-hydrogen) atoms. The van der Waals surface area contributed by atoms with Crippen LogP contribution in [0.4, 0.5) is 17.1 Å². The summed E-state index contributed by atoms with van der Waals surface area (Å²) in [6, 6.07) is 10.2. The number of carbonyl (C=O) groups excluding carboxylic acids is 3. The first-order chi connectivity index (χ1) is 15.2. The molecule has 1 aliphatic heterocycles. The molecule has 11 heteroatoms. The van der Waals surface area contributed by atoms with Crippen LogP contribution in [-0.2, 0) is 19.1 Å². The van der Waals surface area contributed by atoms with E-state index in [1.165, 1.54) is 43.2 Å². The summed E-state index contributed by atoms with van der Waals surface area (Å²) in [5, 5.41) is 13.7. The number of nitro benzene ring substituents is 1. The maximum Gasteiger partial charge on any atom is 0.312 e. The molecular formula is C21H20ClN3O7. The SMILES string of the molecule is COc1ccc(Cl)cc1N1CC(C(=O)OC(C)C(=O)Nc2cccc([N+](=O)[O-])c2)CC1=O. The van der Waals surface area contributed by atoms with Crippen molar-refractivity contribution in [2.24, 2.45) is 5.92 Å². The predicted molar refractivity (Wildman–Crippen MR) is 116 cm³/mol. The van der Waals surface area contributed by atoms with Gasteiger partial charge in [-0.25, -0.2) is 0 Å². The van der Waals surface area contributed by atoms with Crippen LogP contribution in [0, 0.1) is 16.0 Å². The monoisotopic (exact) mass is 461 g/mol. The van der Waals surface area contributed by atoms with E-state index < -0.39 is 28.8 Å². The van der Waals surface area contributed by atoms with Gasteiger partial charge in [-0.2, -0.15) is 0 Å². The second-order valence-corrected chi connectivity index (χ2v) is 7.53. The molecule has 1 saturated heterocycles. The van der Waals surface area contributed by atoms with Crippen LogP contribution in [0.1, 0.15) is 13.3 Å². The van der Waals surface area contributed by atoms with E-state index in [1.54, 1.807) is 18.2 Å². The van der Waals surface area contributed by atoms with E-state index in [4.69, 9.17) is 21.1 Å². The van der Waals surface area contributed by atoms with Crippen molar-refractivity contribution in [3.63, 3.8) is 0 Å². The second-order valence-electron chi connectivity index (χ2n) is 7.10. The van der Waals surface area contributed by atoms with Crippen LogP contribution >= 0.6 is 11.6 Å². The average molecular weight is 462 g/mol. The molecule has 0 saturated carbocycles. The molecule has 1 aliphatic rings. The topological polar surface area (TPSA) is 128 Å². The highest BCUT2D eigenvalue weighted by molar-refractivity contribution is 6.31. The van der Waals surface area contributed by atoms with Crippen molar-refractivity contribution in [3.05, 3.63) is 57.6 Å². The summed E-state index contributed by atoms with van der Waals surface area (Å²) in [5.74, 6) is -2.01. The first kappa shape index (κ1) is 23.0. The zero-order valence-corrected chi connectivity index (χ0v) is 18.0. The molecule has 2 aromatic carbocycles. The molecule has 2 amide bonds. The molecule has 0 radical (unpaired) electrons. The predicted octanol–water partition coefficient (Wildman–Crippen LogP) is 3.18. The first-order valence-corrected chi connectivity index (χ1v) is 9.97. The fourth-order valence-electron chi connectivity index (χ4n) is 3.24. The molecule has 0 aromatic heterocycles. The number of nitrogens with one attached hydrogen (secondary N) is 1. The van der Waals surface area contributed by atoms with Crippen molar-refractivity contribution in [2.75, 3.05) is 23.9 Å². The van der Waals surface area contributed by atoms with E-state index in [9.17, 15) is 24.5 Å². The van der Waals surface area contributed by atoms with Gasteiger partial charge in [-0.3, -0.25) is 24.5 Å². The Morgan fingerprint density at radius 3 is 2.72 bits per heavy atom. The molecular weight excluding hydrogens is 442 g/mol. The van der Waals surface area contributed by atoms with Gasteiger partial charge in [0.2, 0.25) is 5.91 Å². The second kappa shape index (κ2) is 9.65. The summed E-state index contributed by atoms with van der Waals surface area (Å²) in [4.78, 5) is 49.1. The Labute approximate surface area is 188 Å². The lowest BCUT2D eigenvalue weighted by atomic mass is 10.1. The van der Waals surface area contributed by atoms with E-state index in [2.05, 4.69) is 5.32 Å². The maximum absolute atomic E-state index is 12.6. The maximum atomic E-state index is 12.6. The van der Waals surface area contributed by atoms with Gasteiger partial charge in [0.05, 0.1) is 23.6 Å². The lowest BCUT2D eigenvalue weighted by Crippen LogP contribution is -2.33. The third-order valence-corrected chi connectivity index (χ3v) is 5.11.